The quantitative estimate of drug-likeness (QED) is 0.731. The first-order valence-corrected chi connectivity index (χ1v) is 5.83. The molecule has 1 aromatic carbocycles. The van der Waals surface area contributed by atoms with Crippen molar-refractivity contribution >= 4 is 7.98 Å². The lowest BCUT2D eigenvalue weighted by Gasteiger charge is -2.19. The smallest absolute Gasteiger partial charge is 0.416 e. The Morgan fingerprint density at radius 3 is 2.28 bits per heavy atom. The maximum Gasteiger partial charge on any atom is 0.416 e. The molecule has 0 saturated heterocycles. The van der Waals surface area contributed by atoms with Gasteiger partial charge in [0.05, 0.1) is 5.56 Å². The third-order valence-corrected chi connectivity index (χ3v) is 2.89. The summed E-state index contributed by atoms with van der Waals surface area (Å²) in [7, 11) is 1.95. The zero-order chi connectivity index (χ0) is 13.8. The van der Waals surface area contributed by atoms with Gasteiger partial charge in [-0.2, -0.15) is 13.2 Å². The van der Waals surface area contributed by atoms with E-state index in [1.54, 1.807) is 12.1 Å². The number of alkyl halides is 3. The summed E-state index contributed by atoms with van der Waals surface area (Å²) in [6.07, 6.45) is -2.58. The molecule has 1 nitrogen and oxygen atoms in total. The number of nitrogens with zero attached hydrogens (tertiary/aromatic N) is 1. The summed E-state index contributed by atoms with van der Waals surface area (Å²) in [5.74, 6) is 0. The van der Waals surface area contributed by atoms with Gasteiger partial charge in [0, 0.05) is 6.54 Å². The molecule has 0 radical (unpaired) electrons. The van der Waals surface area contributed by atoms with Crippen LogP contribution >= 0.6 is 0 Å². The van der Waals surface area contributed by atoms with Gasteiger partial charge in [-0.25, -0.2) is 0 Å². The SMILES string of the molecule is BN(CCCc1ccc(C(F)(F)F)cc1)C(=C)C. The van der Waals surface area contributed by atoms with Crippen molar-refractivity contribution in [3.05, 3.63) is 47.7 Å². The van der Waals surface area contributed by atoms with Crippen molar-refractivity contribution in [1.82, 2.24) is 4.81 Å². The fourth-order valence-corrected chi connectivity index (χ4v) is 1.57. The molecule has 18 heavy (non-hydrogen) atoms. The molecule has 0 aromatic heterocycles. The number of rotatable bonds is 5. The molecule has 0 fully saturated rings. The van der Waals surface area contributed by atoms with E-state index in [2.05, 4.69) is 6.58 Å². The predicted octanol–water partition coefficient (Wildman–Crippen LogP) is 3.02. The van der Waals surface area contributed by atoms with Gasteiger partial charge < -0.3 is 4.81 Å². The Bertz CT molecular complexity index is 398. The first-order chi connectivity index (χ1) is 8.30. The van der Waals surface area contributed by atoms with Crippen molar-refractivity contribution in [2.45, 2.75) is 25.9 Å². The first-order valence-electron chi connectivity index (χ1n) is 5.83. The predicted molar refractivity (Wildman–Crippen MR) is 69.8 cm³/mol. The van der Waals surface area contributed by atoms with Crippen molar-refractivity contribution < 1.29 is 13.2 Å². The molecular formula is C13H17BF3N. The van der Waals surface area contributed by atoms with Crippen LogP contribution in [0.4, 0.5) is 13.2 Å². The van der Waals surface area contributed by atoms with E-state index in [9.17, 15) is 13.2 Å². The molecule has 0 spiro atoms. The van der Waals surface area contributed by atoms with Crippen LogP contribution in [0, 0.1) is 0 Å². The van der Waals surface area contributed by atoms with Crippen LogP contribution in [0.2, 0.25) is 0 Å². The number of allylic oxidation sites excluding steroid dienone is 1. The maximum atomic E-state index is 12.3. The third kappa shape index (κ3) is 4.47. The van der Waals surface area contributed by atoms with Crippen molar-refractivity contribution in [3.63, 3.8) is 0 Å². The van der Waals surface area contributed by atoms with Gasteiger partial charge in [0.25, 0.3) is 0 Å². The van der Waals surface area contributed by atoms with Crippen LogP contribution < -0.4 is 0 Å². The van der Waals surface area contributed by atoms with Gasteiger partial charge in [0.15, 0.2) is 0 Å². The molecule has 0 saturated carbocycles. The summed E-state index contributed by atoms with van der Waals surface area (Å²) in [6, 6.07) is 5.36. The molecule has 0 aliphatic rings. The monoisotopic (exact) mass is 255 g/mol. The third-order valence-electron chi connectivity index (χ3n) is 2.89. The van der Waals surface area contributed by atoms with E-state index >= 15 is 0 Å². The van der Waals surface area contributed by atoms with Gasteiger partial charge in [-0.3, -0.25) is 0 Å². The van der Waals surface area contributed by atoms with Crippen molar-refractivity contribution in [1.29, 1.82) is 0 Å². The molecule has 1 aromatic rings. The minimum absolute atomic E-state index is 0.592. The molecule has 1 rings (SSSR count). The standard InChI is InChI=1S/C13H17BF3N/c1-10(2)18(14)9-3-4-11-5-7-12(8-6-11)13(15,16)17/h5-8H,1,3-4,9,14H2,2H3. The highest BCUT2D eigenvalue weighted by Gasteiger charge is 2.29. The van der Waals surface area contributed by atoms with E-state index < -0.39 is 11.7 Å². The van der Waals surface area contributed by atoms with Crippen LogP contribution in [-0.2, 0) is 12.6 Å². The molecular weight excluding hydrogens is 238 g/mol. The lowest BCUT2D eigenvalue weighted by Crippen LogP contribution is -2.18. The summed E-state index contributed by atoms with van der Waals surface area (Å²) in [5, 5.41) is 0. The topological polar surface area (TPSA) is 3.24 Å². The number of hydrogen-bond donors (Lipinski definition) is 0. The molecule has 0 atom stereocenters. The van der Waals surface area contributed by atoms with Crippen LogP contribution in [0.25, 0.3) is 0 Å². The van der Waals surface area contributed by atoms with E-state index in [4.69, 9.17) is 0 Å². The van der Waals surface area contributed by atoms with E-state index in [1.807, 2.05) is 19.7 Å². The van der Waals surface area contributed by atoms with Gasteiger partial charge in [0.2, 0.25) is 7.98 Å². The minimum Gasteiger partial charge on any atom is -0.426 e. The molecule has 5 heteroatoms. The minimum atomic E-state index is -4.25. The van der Waals surface area contributed by atoms with E-state index in [0.717, 1.165) is 42.8 Å². The fraction of sp³-hybridized carbons (Fsp3) is 0.385. The molecule has 0 bridgehead atoms. The molecule has 98 valence electrons. The lowest BCUT2D eigenvalue weighted by molar-refractivity contribution is -0.137. The van der Waals surface area contributed by atoms with Gasteiger partial charge in [-0.1, -0.05) is 18.7 Å². The van der Waals surface area contributed by atoms with Crippen LogP contribution in [0.5, 0.6) is 0 Å². The average Bonchev–Trinajstić information content (AvgIpc) is 2.28. The highest BCUT2D eigenvalue weighted by Crippen LogP contribution is 2.29. The van der Waals surface area contributed by atoms with Crippen LogP contribution in [0.3, 0.4) is 0 Å². The summed E-state index contributed by atoms with van der Waals surface area (Å²) >= 11 is 0. The lowest BCUT2D eigenvalue weighted by atomic mass is 10.1. The summed E-state index contributed by atoms with van der Waals surface area (Å²) < 4.78 is 37.0. The zero-order valence-corrected chi connectivity index (χ0v) is 10.7. The second-order valence-corrected chi connectivity index (χ2v) is 4.46. The second-order valence-electron chi connectivity index (χ2n) is 4.46. The Morgan fingerprint density at radius 2 is 1.83 bits per heavy atom. The Balaban J connectivity index is 2.47. The van der Waals surface area contributed by atoms with Crippen LogP contribution in [0.1, 0.15) is 24.5 Å². The van der Waals surface area contributed by atoms with Crippen molar-refractivity contribution in [2.75, 3.05) is 6.54 Å². The van der Waals surface area contributed by atoms with E-state index in [-0.39, 0.29) is 0 Å². The highest BCUT2D eigenvalue weighted by molar-refractivity contribution is 6.05. The molecule has 0 heterocycles. The normalized spacial score (nSPS) is 11.3. The van der Waals surface area contributed by atoms with Gasteiger partial charge in [-0.05, 0) is 43.2 Å². The zero-order valence-electron chi connectivity index (χ0n) is 10.7. The van der Waals surface area contributed by atoms with Crippen LogP contribution in [-0.4, -0.2) is 19.3 Å². The molecule has 0 aliphatic carbocycles. The summed E-state index contributed by atoms with van der Waals surface area (Å²) in [5.41, 5.74) is 1.32. The Kier molecular flexibility index (Phi) is 4.88. The number of benzene rings is 1. The summed E-state index contributed by atoms with van der Waals surface area (Å²) in [4.78, 5) is 2.03. The van der Waals surface area contributed by atoms with Gasteiger partial charge >= 0.3 is 6.18 Å². The second kappa shape index (κ2) is 5.98. The molecule has 0 aliphatic heterocycles. The summed E-state index contributed by atoms with van der Waals surface area (Å²) in [6.45, 7) is 6.61. The van der Waals surface area contributed by atoms with E-state index in [1.165, 1.54) is 0 Å². The van der Waals surface area contributed by atoms with Crippen molar-refractivity contribution in [3.8, 4) is 0 Å². The molecule has 0 N–H and O–H groups in total. The maximum absolute atomic E-state index is 12.3. The fourth-order valence-electron chi connectivity index (χ4n) is 1.57. The Labute approximate surface area is 107 Å². The average molecular weight is 255 g/mol. The molecule has 0 unspecified atom stereocenters. The largest absolute Gasteiger partial charge is 0.426 e. The highest BCUT2D eigenvalue weighted by atomic mass is 19.4. The van der Waals surface area contributed by atoms with E-state index in [0.29, 0.717) is 0 Å². The first kappa shape index (κ1) is 14.7. The Hall–Kier alpha value is -1.39. The van der Waals surface area contributed by atoms with Crippen molar-refractivity contribution in [2.24, 2.45) is 0 Å². The van der Waals surface area contributed by atoms with Gasteiger partial charge in [0.1, 0.15) is 0 Å². The molecule has 0 amide bonds. The van der Waals surface area contributed by atoms with Crippen LogP contribution in [0.15, 0.2) is 36.5 Å². The number of hydrogen-bond acceptors (Lipinski definition) is 1. The Morgan fingerprint density at radius 1 is 1.28 bits per heavy atom. The number of aryl methyl sites for hydroxylation is 1. The number of halogens is 3. The van der Waals surface area contributed by atoms with Gasteiger partial charge in [-0.15, -0.1) is 0 Å².